The fraction of sp³-hybridized carbons (Fsp3) is 0.417. The first kappa shape index (κ1) is 14.8. The van der Waals surface area contributed by atoms with Crippen LogP contribution in [0, 0.1) is 5.92 Å². The zero-order valence-corrected chi connectivity index (χ0v) is 13.5. The molecule has 2 aromatic rings. The van der Waals surface area contributed by atoms with Gasteiger partial charge in [0.25, 0.3) is 0 Å². The fourth-order valence-corrected chi connectivity index (χ4v) is 4.99. The van der Waals surface area contributed by atoms with Crippen LogP contribution in [0.3, 0.4) is 0 Å². The first-order valence-electron chi connectivity index (χ1n) is 6.51. The highest BCUT2D eigenvalue weighted by Gasteiger charge is 2.32. The number of thiocarbonyl (C=S) groups is 1. The van der Waals surface area contributed by atoms with Crippen molar-refractivity contribution in [2.45, 2.75) is 17.7 Å². The summed E-state index contributed by atoms with van der Waals surface area (Å²) in [5.74, 6) is -0.0590. The quantitative estimate of drug-likeness (QED) is 0.848. The third kappa shape index (κ3) is 2.66. The molecule has 0 amide bonds. The maximum Gasteiger partial charge on any atom is 0.245 e. The van der Waals surface area contributed by atoms with E-state index in [-0.39, 0.29) is 10.8 Å². The predicted octanol–water partition coefficient (Wildman–Crippen LogP) is 1.38. The van der Waals surface area contributed by atoms with E-state index in [0.717, 1.165) is 24.6 Å². The van der Waals surface area contributed by atoms with Gasteiger partial charge in [0.2, 0.25) is 10.0 Å². The van der Waals surface area contributed by atoms with E-state index in [9.17, 15) is 8.42 Å². The van der Waals surface area contributed by atoms with Crippen molar-refractivity contribution in [1.82, 2.24) is 13.1 Å². The van der Waals surface area contributed by atoms with Crippen LogP contribution in [0.4, 0.5) is 0 Å². The molecule has 1 unspecified atom stereocenters. The molecule has 6 nitrogen and oxygen atoms in total. The second kappa shape index (κ2) is 5.56. The predicted molar refractivity (Wildman–Crippen MR) is 85.7 cm³/mol. The number of nitrogens with zero attached hydrogens (tertiary/aromatic N) is 3. The lowest BCUT2D eigenvalue weighted by Crippen LogP contribution is -2.43. The smallest absolute Gasteiger partial charge is 0.245 e. The fourth-order valence-electron chi connectivity index (χ4n) is 2.52. The van der Waals surface area contributed by atoms with E-state index in [1.165, 1.54) is 4.31 Å². The lowest BCUT2D eigenvalue weighted by Gasteiger charge is -2.31. The molecule has 2 N–H and O–H groups in total. The van der Waals surface area contributed by atoms with E-state index in [0.29, 0.717) is 29.1 Å². The third-order valence-electron chi connectivity index (χ3n) is 3.65. The SMILES string of the molecule is NC(=S)C1CCCN(S(=O)(=O)c2cccc3nsnc23)C1. The Morgan fingerprint density at radius 3 is 3.00 bits per heavy atom. The summed E-state index contributed by atoms with van der Waals surface area (Å²) in [6.45, 7) is 0.820. The molecule has 2 heterocycles. The van der Waals surface area contributed by atoms with Crippen LogP contribution in [0.2, 0.25) is 0 Å². The minimum atomic E-state index is -3.60. The van der Waals surface area contributed by atoms with Crippen molar-refractivity contribution in [3.63, 3.8) is 0 Å². The normalized spacial score (nSPS) is 20.7. The van der Waals surface area contributed by atoms with Gasteiger partial charge in [0.05, 0.1) is 16.7 Å². The van der Waals surface area contributed by atoms with Gasteiger partial charge in [0.15, 0.2) is 0 Å². The van der Waals surface area contributed by atoms with E-state index < -0.39 is 10.0 Å². The number of nitrogens with two attached hydrogens (primary N) is 1. The monoisotopic (exact) mass is 342 g/mol. The number of rotatable bonds is 3. The molecule has 112 valence electrons. The van der Waals surface area contributed by atoms with Crippen molar-refractivity contribution in [3.05, 3.63) is 18.2 Å². The Kier molecular flexibility index (Phi) is 3.91. The molecule has 0 saturated carbocycles. The van der Waals surface area contributed by atoms with E-state index in [1.54, 1.807) is 18.2 Å². The van der Waals surface area contributed by atoms with Crippen molar-refractivity contribution < 1.29 is 8.42 Å². The number of fused-ring (bicyclic) bond motifs is 1. The van der Waals surface area contributed by atoms with Crippen LogP contribution in [0.15, 0.2) is 23.1 Å². The maximum atomic E-state index is 12.8. The molecular formula is C12H14N4O2S3. The first-order valence-corrected chi connectivity index (χ1v) is 9.09. The summed E-state index contributed by atoms with van der Waals surface area (Å²) in [6, 6.07) is 5.01. The minimum Gasteiger partial charge on any atom is -0.393 e. The number of piperidine rings is 1. The van der Waals surface area contributed by atoms with Crippen molar-refractivity contribution >= 4 is 50.0 Å². The van der Waals surface area contributed by atoms with Crippen LogP contribution in [0.5, 0.6) is 0 Å². The summed E-state index contributed by atoms with van der Waals surface area (Å²) in [7, 11) is -3.60. The molecule has 9 heteroatoms. The number of aromatic nitrogens is 2. The molecule has 1 aromatic heterocycles. The average molecular weight is 342 g/mol. The van der Waals surface area contributed by atoms with Gasteiger partial charge in [-0.15, -0.1) is 0 Å². The van der Waals surface area contributed by atoms with Crippen molar-refractivity contribution in [2.24, 2.45) is 11.7 Å². The van der Waals surface area contributed by atoms with Gasteiger partial charge in [0, 0.05) is 19.0 Å². The molecule has 1 aromatic carbocycles. The summed E-state index contributed by atoms with van der Waals surface area (Å²) >= 11 is 6.02. The standard InChI is InChI=1S/C12H14N4O2S3/c13-12(19)8-3-2-6-16(7-8)21(17,18)10-5-1-4-9-11(10)15-20-14-9/h1,4-5,8H,2-3,6-7H2,(H2,13,19). The van der Waals surface area contributed by atoms with E-state index in [2.05, 4.69) is 8.75 Å². The van der Waals surface area contributed by atoms with Gasteiger partial charge < -0.3 is 5.73 Å². The molecule has 1 aliphatic rings. The van der Waals surface area contributed by atoms with Gasteiger partial charge in [-0.3, -0.25) is 0 Å². The Balaban J connectivity index is 2.00. The number of benzene rings is 1. The lowest BCUT2D eigenvalue weighted by molar-refractivity contribution is 0.313. The van der Waals surface area contributed by atoms with Crippen LogP contribution in [0.25, 0.3) is 11.0 Å². The highest BCUT2D eigenvalue weighted by molar-refractivity contribution is 7.89. The first-order chi connectivity index (χ1) is 10.00. The Hall–Kier alpha value is -1.16. The molecule has 21 heavy (non-hydrogen) atoms. The molecule has 0 bridgehead atoms. The lowest BCUT2D eigenvalue weighted by atomic mass is 10.0. The van der Waals surface area contributed by atoms with E-state index in [1.807, 2.05) is 0 Å². The summed E-state index contributed by atoms with van der Waals surface area (Å²) in [6.07, 6.45) is 1.59. The zero-order chi connectivity index (χ0) is 15.0. The average Bonchev–Trinajstić information content (AvgIpc) is 2.95. The topological polar surface area (TPSA) is 89.2 Å². The second-order valence-corrected chi connectivity index (χ2v) is 7.90. The molecule has 1 aliphatic heterocycles. The summed E-state index contributed by atoms with van der Waals surface area (Å²) in [5.41, 5.74) is 6.71. The second-order valence-electron chi connectivity index (χ2n) is 4.99. The summed E-state index contributed by atoms with van der Waals surface area (Å²) < 4.78 is 35.3. The summed E-state index contributed by atoms with van der Waals surface area (Å²) in [4.78, 5) is 0.584. The Morgan fingerprint density at radius 1 is 1.43 bits per heavy atom. The molecular weight excluding hydrogens is 328 g/mol. The van der Waals surface area contributed by atoms with E-state index >= 15 is 0 Å². The van der Waals surface area contributed by atoms with Crippen molar-refractivity contribution in [3.8, 4) is 0 Å². The molecule has 0 spiro atoms. The molecule has 1 atom stereocenters. The van der Waals surface area contributed by atoms with E-state index in [4.69, 9.17) is 18.0 Å². The summed E-state index contributed by atoms with van der Waals surface area (Å²) in [5, 5.41) is 0. The van der Waals surface area contributed by atoms with Crippen LogP contribution in [-0.4, -0.2) is 39.5 Å². The molecule has 3 rings (SSSR count). The van der Waals surface area contributed by atoms with Crippen molar-refractivity contribution in [1.29, 1.82) is 0 Å². The van der Waals surface area contributed by atoms with Gasteiger partial charge in [-0.1, -0.05) is 18.3 Å². The van der Waals surface area contributed by atoms with Gasteiger partial charge in [-0.25, -0.2) is 8.42 Å². The minimum absolute atomic E-state index is 0.0590. The van der Waals surface area contributed by atoms with Crippen molar-refractivity contribution in [2.75, 3.05) is 13.1 Å². The molecule has 0 radical (unpaired) electrons. The maximum absolute atomic E-state index is 12.8. The third-order valence-corrected chi connectivity index (χ3v) is 6.43. The van der Waals surface area contributed by atoms with Gasteiger partial charge in [0.1, 0.15) is 15.9 Å². The van der Waals surface area contributed by atoms with Crippen LogP contribution in [-0.2, 0) is 10.0 Å². The Labute approximate surface area is 132 Å². The number of hydrogen-bond donors (Lipinski definition) is 1. The molecule has 1 fully saturated rings. The van der Waals surface area contributed by atoms with Gasteiger partial charge >= 0.3 is 0 Å². The number of hydrogen-bond acceptors (Lipinski definition) is 6. The van der Waals surface area contributed by atoms with Gasteiger partial charge in [-0.05, 0) is 25.0 Å². The molecule has 0 aliphatic carbocycles. The number of sulfonamides is 1. The Morgan fingerprint density at radius 2 is 2.24 bits per heavy atom. The van der Waals surface area contributed by atoms with Crippen LogP contribution < -0.4 is 5.73 Å². The molecule has 1 saturated heterocycles. The van der Waals surface area contributed by atoms with Crippen LogP contribution >= 0.6 is 23.9 Å². The highest BCUT2D eigenvalue weighted by atomic mass is 32.2. The van der Waals surface area contributed by atoms with Crippen LogP contribution in [0.1, 0.15) is 12.8 Å². The Bertz CT molecular complexity index is 787. The van der Waals surface area contributed by atoms with Gasteiger partial charge in [-0.2, -0.15) is 13.1 Å². The zero-order valence-electron chi connectivity index (χ0n) is 11.1. The highest BCUT2D eigenvalue weighted by Crippen LogP contribution is 2.28. The largest absolute Gasteiger partial charge is 0.393 e.